The van der Waals surface area contributed by atoms with Gasteiger partial charge in [-0.2, -0.15) is 0 Å². The first kappa shape index (κ1) is 13.0. The number of quaternary nitrogens is 1. The highest BCUT2D eigenvalue weighted by Crippen LogP contribution is 2.30. The minimum Gasteiger partial charge on any atom is -0.486 e. The molecule has 0 radical (unpaired) electrons. The number of hydrogen-bond acceptors (Lipinski definition) is 2. The molecule has 20 heavy (non-hydrogen) atoms. The minimum absolute atomic E-state index is 0.140. The van der Waals surface area contributed by atoms with Gasteiger partial charge in [0.05, 0.1) is 6.54 Å². The van der Waals surface area contributed by atoms with Gasteiger partial charge in [0.25, 0.3) is 0 Å². The summed E-state index contributed by atoms with van der Waals surface area (Å²) >= 11 is 0. The molecule has 2 N–H and O–H groups in total. The predicted molar refractivity (Wildman–Crippen MR) is 78.2 cm³/mol. The van der Waals surface area contributed by atoms with E-state index in [-0.39, 0.29) is 6.10 Å². The van der Waals surface area contributed by atoms with E-state index in [4.69, 9.17) is 9.47 Å². The molecule has 0 saturated carbocycles. The smallest absolute Gasteiger partial charge is 0.181 e. The van der Waals surface area contributed by atoms with Gasteiger partial charge in [0, 0.05) is 6.42 Å². The second-order valence-corrected chi connectivity index (χ2v) is 5.05. The van der Waals surface area contributed by atoms with Crippen molar-refractivity contribution in [3.05, 3.63) is 60.2 Å². The summed E-state index contributed by atoms with van der Waals surface area (Å²) in [5, 5.41) is 2.30. The molecule has 0 fully saturated rings. The van der Waals surface area contributed by atoms with Crippen LogP contribution >= 0.6 is 0 Å². The summed E-state index contributed by atoms with van der Waals surface area (Å²) in [5.74, 6) is 1.72. The lowest BCUT2D eigenvalue weighted by molar-refractivity contribution is -0.660. The molecule has 3 nitrogen and oxygen atoms in total. The van der Waals surface area contributed by atoms with Crippen LogP contribution in [-0.2, 0) is 6.42 Å². The lowest BCUT2D eigenvalue weighted by Gasteiger charge is -2.25. The third-order valence-electron chi connectivity index (χ3n) is 3.48. The summed E-state index contributed by atoms with van der Waals surface area (Å²) in [4.78, 5) is 0. The number of fused-ring (bicyclic) bond motifs is 1. The number of nitrogens with two attached hydrogens (primary N) is 1. The normalized spacial score (nSPS) is 16.9. The van der Waals surface area contributed by atoms with Gasteiger partial charge in [-0.15, -0.1) is 0 Å². The van der Waals surface area contributed by atoms with Crippen LogP contribution in [0.3, 0.4) is 0 Å². The number of benzene rings is 2. The summed E-state index contributed by atoms with van der Waals surface area (Å²) in [6.07, 6.45) is 1.23. The highest BCUT2D eigenvalue weighted by atomic mass is 16.6. The molecule has 104 valence electrons. The van der Waals surface area contributed by atoms with Gasteiger partial charge >= 0.3 is 0 Å². The molecule has 3 rings (SSSR count). The Morgan fingerprint density at radius 3 is 2.55 bits per heavy atom. The standard InChI is InChI=1S/C17H19NO2/c1-2-6-14(7-3-1)10-11-18-12-15-13-19-16-8-4-5-9-17(16)20-15/h1-9,15,18H,10-13H2/p+1/t15-/m0/s1. The maximum absolute atomic E-state index is 5.93. The van der Waals surface area contributed by atoms with Crippen LogP contribution in [-0.4, -0.2) is 25.8 Å². The highest BCUT2D eigenvalue weighted by Gasteiger charge is 2.21. The lowest BCUT2D eigenvalue weighted by Crippen LogP contribution is -2.87. The predicted octanol–water partition coefficient (Wildman–Crippen LogP) is 1.63. The van der Waals surface area contributed by atoms with E-state index in [0.717, 1.165) is 31.0 Å². The summed E-state index contributed by atoms with van der Waals surface area (Å²) in [6.45, 7) is 2.64. The molecule has 0 bridgehead atoms. The Bertz CT molecular complexity index is 542. The molecular weight excluding hydrogens is 250 g/mol. The quantitative estimate of drug-likeness (QED) is 0.838. The number of rotatable bonds is 5. The van der Waals surface area contributed by atoms with Gasteiger partial charge in [-0.3, -0.25) is 0 Å². The first-order chi connectivity index (χ1) is 9.92. The largest absolute Gasteiger partial charge is 0.486 e. The second-order valence-electron chi connectivity index (χ2n) is 5.05. The molecule has 0 aliphatic carbocycles. The summed E-state index contributed by atoms with van der Waals surface area (Å²) in [5.41, 5.74) is 1.38. The minimum atomic E-state index is 0.140. The summed E-state index contributed by atoms with van der Waals surface area (Å²) < 4.78 is 11.6. The van der Waals surface area contributed by atoms with Crippen LogP contribution in [0.15, 0.2) is 54.6 Å². The van der Waals surface area contributed by atoms with E-state index in [1.807, 2.05) is 24.3 Å². The molecule has 0 amide bonds. The average Bonchev–Trinajstić information content (AvgIpc) is 2.52. The van der Waals surface area contributed by atoms with Gasteiger partial charge in [0.2, 0.25) is 0 Å². The van der Waals surface area contributed by atoms with E-state index >= 15 is 0 Å². The Morgan fingerprint density at radius 1 is 0.950 bits per heavy atom. The maximum atomic E-state index is 5.93. The molecule has 2 aromatic rings. The zero-order chi connectivity index (χ0) is 13.6. The van der Waals surface area contributed by atoms with Gasteiger partial charge < -0.3 is 14.8 Å². The molecule has 1 aliphatic rings. The molecule has 2 aromatic carbocycles. The Balaban J connectivity index is 1.42. The van der Waals surface area contributed by atoms with Gasteiger partial charge in [-0.1, -0.05) is 42.5 Å². The molecule has 3 heteroatoms. The van der Waals surface area contributed by atoms with Crippen LogP contribution < -0.4 is 14.8 Å². The Kier molecular flexibility index (Phi) is 4.19. The Labute approximate surface area is 119 Å². The SMILES string of the molecule is c1ccc(CC[NH2+]C[C@H]2COc3ccccc3O2)cc1. The van der Waals surface area contributed by atoms with E-state index in [1.54, 1.807) is 0 Å². The van der Waals surface area contributed by atoms with Gasteiger partial charge in [0.15, 0.2) is 17.6 Å². The molecule has 1 aliphatic heterocycles. The topological polar surface area (TPSA) is 35.1 Å². The third kappa shape index (κ3) is 3.31. The molecule has 0 unspecified atom stereocenters. The molecule has 1 heterocycles. The van der Waals surface area contributed by atoms with Crippen LogP contribution in [0.4, 0.5) is 0 Å². The highest BCUT2D eigenvalue weighted by molar-refractivity contribution is 5.40. The van der Waals surface area contributed by atoms with Crippen LogP contribution in [0.1, 0.15) is 5.56 Å². The number of ether oxygens (including phenoxy) is 2. The van der Waals surface area contributed by atoms with Crippen molar-refractivity contribution >= 4 is 0 Å². The fraction of sp³-hybridized carbons (Fsp3) is 0.294. The van der Waals surface area contributed by atoms with Crippen molar-refractivity contribution in [1.82, 2.24) is 0 Å². The van der Waals surface area contributed by atoms with Crippen LogP contribution in [0.5, 0.6) is 11.5 Å². The summed E-state index contributed by atoms with van der Waals surface area (Å²) in [7, 11) is 0. The molecular formula is C17H20NO2+. The summed E-state index contributed by atoms with van der Waals surface area (Å²) in [6, 6.07) is 18.4. The van der Waals surface area contributed by atoms with Crippen molar-refractivity contribution in [2.75, 3.05) is 19.7 Å². The zero-order valence-electron chi connectivity index (χ0n) is 11.5. The van der Waals surface area contributed by atoms with Crippen molar-refractivity contribution in [3.63, 3.8) is 0 Å². The van der Waals surface area contributed by atoms with Gasteiger partial charge in [0.1, 0.15) is 13.2 Å². The fourth-order valence-corrected chi connectivity index (χ4v) is 2.40. The van der Waals surface area contributed by atoms with Crippen LogP contribution in [0.25, 0.3) is 0 Å². The lowest BCUT2D eigenvalue weighted by atomic mass is 10.1. The third-order valence-corrected chi connectivity index (χ3v) is 3.48. The van der Waals surface area contributed by atoms with Crippen LogP contribution in [0.2, 0.25) is 0 Å². The van der Waals surface area contributed by atoms with E-state index < -0.39 is 0 Å². The van der Waals surface area contributed by atoms with E-state index in [0.29, 0.717) is 6.61 Å². The average molecular weight is 270 g/mol. The van der Waals surface area contributed by atoms with Crippen molar-refractivity contribution in [2.24, 2.45) is 0 Å². The van der Waals surface area contributed by atoms with Crippen LogP contribution in [0, 0.1) is 0 Å². The Morgan fingerprint density at radius 2 is 1.70 bits per heavy atom. The molecule has 0 spiro atoms. The van der Waals surface area contributed by atoms with Gasteiger partial charge in [-0.05, 0) is 17.7 Å². The van der Waals surface area contributed by atoms with Crippen molar-refractivity contribution in [1.29, 1.82) is 0 Å². The van der Waals surface area contributed by atoms with Crippen molar-refractivity contribution < 1.29 is 14.8 Å². The monoisotopic (exact) mass is 270 g/mol. The second kappa shape index (κ2) is 6.44. The first-order valence-electron chi connectivity index (χ1n) is 7.16. The molecule has 0 aromatic heterocycles. The van der Waals surface area contributed by atoms with Crippen molar-refractivity contribution in [3.8, 4) is 11.5 Å². The van der Waals surface area contributed by atoms with E-state index in [1.165, 1.54) is 5.56 Å². The maximum Gasteiger partial charge on any atom is 0.181 e. The fourth-order valence-electron chi connectivity index (χ4n) is 2.40. The van der Waals surface area contributed by atoms with Gasteiger partial charge in [-0.25, -0.2) is 0 Å². The number of hydrogen-bond donors (Lipinski definition) is 1. The van der Waals surface area contributed by atoms with E-state index in [9.17, 15) is 0 Å². The van der Waals surface area contributed by atoms with E-state index in [2.05, 4.69) is 35.6 Å². The van der Waals surface area contributed by atoms with Crippen molar-refractivity contribution in [2.45, 2.75) is 12.5 Å². The first-order valence-corrected chi connectivity index (χ1v) is 7.16. The zero-order valence-corrected chi connectivity index (χ0v) is 11.5. The number of para-hydroxylation sites is 2. The molecule has 0 saturated heterocycles. The molecule has 1 atom stereocenters. The Hall–Kier alpha value is -2.00.